The quantitative estimate of drug-likeness (QED) is 0.775. The molecule has 0 atom stereocenters. The minimum atomic E-state index is -0.131. The number of halogens is 1. The van der Waals surface area contributed by atoms with Crippen LogP contribution in [0.5, 0.6) is 0 Å². The van der Waals surface area contributed by atoms with Crippen molar-refractivity contribution in [3.8, 4) is 0 Å². The van der Waals surface area contributed by atoms with Gasteiger partial charge < -0.3 is 15.8 Å². The molecule has 0 bridgehead atoms. The average Bonchev–Trinajstić information content (AvgIpc) is 2.23. The summed E-state index contributed by atoms with van der Waals surface area (Å²) in [5, 5.41) is 0. The number of rotatable bonds is 1. The number of hydrogen-bond donors (Lipinski definition) is 1. The van der Waals surface area contributed by atoms with Gasteiger partial charge >= 0.3 is 0 Å². The second-order valence-corrected chi connectivity index (χ2v) is 3.48. The first kappa shape index (κ1) is 11.9. The molecular formula is C11H17FN2O. The molecule has 3 N–H and O–H groups in total. The number of hydrogen-bond acceptors (Lipinski definition) is 3. The van der Waals surface area contributed by atoms with E-state index in [1.54, 1.807) is 6.07 Å². The summed E-state index contributed by atoms with van der Waals surface area (Å²) in [6.07, 6.45) is 0. The fourth-order valence-corrected chi connectivity index (χ4v) is 1.74. The lowest BCUT2D eigenvalue weighted by atomic mass is 10.1. The first-order chi connectivity index (χ1) is 6.79. The van der Waals surface area contributed by atoms with Crippen LogP contribution >= 0.6 is 0 Å². The van der Waals surface area contributed by atoms with E-state index >= 15 is 0 Å². The molecule has 0 amide bonds. The average molecular weight is 212 g/mol. The Morgan fingerprint density at radius 2 is 1.93 bits per heavy atom. The summed E-state index contributed by atoms with van der Waals surface area (Å²) in [7, 11) is 0. The van der Waals surface area contributed by atoms with Crippen molar-refractivity contribution in [3.63, 3.8) is 0 Å². The Morgan fingerprint density at radius 1 is 1.27 bits per heavy atom. The monoisotopic (exact) mass is 212 g/mol. The highest BCUT2D eigenvalue weighted by atomic mass is 19.1. The van der Waals surface area contributed by atoms with E-state index in [4.69, 9.17) is 4.74 Å². The van der Waals surface area contributed by atoms with Gasteiger partial charge in [0, 0.05) is 24.3 Å². The van der Waals surface area contributed by atoms with Gasteiger partial charge in [0.15, 0.2) is 0 Å². The molecule has 0 unspecified atom stereocenters. The topological polar surface area (TPSA) is 47.5 Å². The summed E-state index contributed by atoms with van der Waals surface area (Å²) >= 11 is 0. The highest BCUT2D eigenvalue weighted by molar-refractivity contribution is 5.53. The maximum atomic E-state index is 13.3. The molecule has 1 heterocycles. The Labute approximate surface area is 89.4 Å². The summed E-state index contributed by atoms with van der Waals surface area (Å²) in [4.78, 5) is 2.17. The molecule has 0 radical (unpaired) electrons. The minimum absolute atomic E-state index is 0. The standard InChI is InChI=1S/C11H14FNO.H3N/c1-9-10(12)3-2-4-11(9)13-5-7-14-8-6-13;/h2-4H,5-8H2,1H3;1H3. The Bertz CT molecular complexity index is 324. The Balaban J connectivity index is 0.00000112. The van der Waals surface area contributed by atoms with E-state index in [0.717, 1.165) is 37.6 Å². The van der Waals surface area contributed by atoms with Crippen LogP contribution in [0.2, 0.25) is 0 Å². The minimum Gasteiger partial charge on any atom is -0.378 e. The number of benzene rings is 1. The zero-order valence-electron chi connectivity index (χ0n) is 9.00. The number of ether oxygens (including phenoxy) is 1. The van der Waals surface area contributed by atoms with Crippen molar-refractivity contribution in [2.45, 2.75) is 6.92 Å². The van der Waals surface area contributed by atoms with Crippen LogP contribution in [0.4, 0.5) is 10.1 Å². The predicted molar refractivity (Wildman–Crippen MR) is 59.2 cm³/mol. The fourth-order valence-electron chi connectivity index (χ4n) is 1.74. The molecule has 2 rings (SSSR count). The molecule has 15 heavy (non-hydrogen) atoms. The molecular weight excluding hydrogens is 195 g/mol. The van der Waals surface area contributed by atoms with Gasteiger partial charge in [-0.15, -0.1) is 0 Å². The molecule has 1 fully saturated rings. The molecule has 3 nitrogen and oxygen atoms in total. The third-order valence-electron chi connectivity index (χ3n) is 2.59. The molecule has 4 heteroatoms. The first-order valence-corrected chi connectivity index (χ1v) is 4.87. The second-order valence-electron chi connectivity index (χ2n) is 3.48. The highest BCUT2D eigenvalue weighted by Gasteiger charge is 2.14. The molecule has 1 saturated heterocycles. The lowest BCUT2D eigenvalue weighted by molar-refractivity contribution is 0.122. The zero-order chi connectivity index (χ0) is 9.97. The zero-order valence-corrected chi connectivity index (χ0v) is 9.00. The second kappa shape index (κ2) is 5.09. The van der Waals surface area contributed by atoms with Gasteiger partial charge in [0.2, 0.25) is 0 Å². The third kappa shape index (κ3) is 2.46. The molecule has 84 valence electrons. The lowest BCUT2D eigenvalue weighted by Crippen LogP contribution is -2.36. The summed E-state index contributed by atoms with van der Waals surface area (Å²) < 4.78 is 18.5. The van der Waals surface area contributed by atoms with E-state index < -0.39 is 0 Å². The van der Waals surface area contributed by atoms with Crippen molar-refractivity contribution in [3.05, 3.63) is 29.6 Å². The van der Waals surface area contributed by atoms with E-state index in [1.165, 1.54) is 6.07 Å². The van der Waals surface area contributed by atoms with Crippen molar-refractivity contribution in [2.24, 2.45) is 0 Å². The summed E-state index contributed by atoms with van der Waals surface area (Å²) in [6, 6.07) is 5.22. The first-order valence-electron chi connectivity index (χ1n) is 4.87. The van der Waals surface area contributed by atoms with Crippen molar-refractivity contribution in [1.82, 2.24) is 6.15 Å². The van der Waals surface area contributed by atoms with Crippen molar-refractivity contribution in [1.29, 1.82) is 0 Å². The number of morpholine rings is 1. The largest absolute Gasteiger partial charge is 0.378 e. The summed E-state index contributed by atoms with van der Waals surface area (Å²) in [6.45, 7) is 4.99. The van der Waals surface area contributed by atoms with Crippen molar-refractivity contribution in [2.75, 3.05) is 31.2 Å². The van der Waals surface area contributed by atoms with E-state index in [-0.39, 0.29) is 12.0 Å². The van der Waals surface area contributed by atoms with E-state index in [0.29, 0.717) is 0 Å². The van der Waals surface area contributed by atoms with Crippen LogP contribution in [0.1, 0.15) is 5.56 Å². The van der Waals surface area contributed by atoms with Crippen LogP contribution in [0.3, 0.4) is 0 Å². The van der Waals surface area contributed by atoms with Crippen molar-refractivity contribution >= 4 is 5.69 Å². The molecule has 1 aromatic rings. The van der Waals surface area contributed by atoms with Gasteiger partial charge in [0.05, 0.1) is 13.2 Å². The maximum absolute atomic E-state index is 13.3. The normalized spacial score (nSPS) is 16.0. The Kier molecular flexibility index (Phi) is 4.05. The number of anilines is 1. The van der Waals surface area contributed by atoms with Gasteiger partial charge in [0.25, 0.3) is 0 Å². The van der Waals surface area contributed by atoms with Crippen LogP contribution in [0.25, 0.3) is 0 Å². The van der Waals surface area contributed by atoms with Gasteiger partial charge in [-0.2, -0.15) is 0 Å². The number of nitrogens with zero attached hydrogens (tertiary/aromatic N) is 1. The third-order valence-corrected chi connectivity index (χ3v) is 2.59. The molecule has 0 aliphatic carbocycles. The summed E-state index contributed by atoms with van der Waals surface area (Å²) in [5.74, 6) is -0.131. The Morgan fingerprint density at radius 3 is 2.60 bits per heavy atom. The van der Waals surface area contributed by atoms with Crippen LogP contribution in [0.15, 0.2) is 18.2 Å². The van der Waals surface area contributed by atoms with Crippen LogP contribution in [0, 0.1) is 12.7 Å². The fraction of sp³-hybridized carbons (Fsp3) is 0.455. The van der Waals surface area contributed by atoms with Gasteiger partial charge in [-0.3, -0.25) is 0 Å². The van der Waals surface area contributed by atoms with Crippen molar-refractivity contribution < 1.29 is 9.13 Å². The van der Waals surface area contributed by atoms with Gasteiger partial charge in [-0.1, -0.05) is 6.07 Å². The Hall–Kier alpha value is -1.13. The molecule has 1 aliphatic heterocycles. The van der Waals surface area contributed by atoms with Crippen LogP contribution < -0.4 is 11.1 Å². The predicted octanol–water partition coefficient (Wildman–Crippen LogP) is 2.13. The van der Waals surface area contributed by atoms with Gasteiger partial charge in [-0.05, 0) is 19.1 Å². The smallest absolute Gasteiger partial charge is 0.128 e. The van der Waals surface area contributed by atoms with Crippen LogP contribution in [-0.2, 0) is 4.74 Å². The summed E-state index contributed by atoms with van der Waals surface area (Å²) in [5.41, 5.74) is 1.72. The van der Waals surface area contributed by atoms with Gasteiger partial charge in [-0.25, -0.2) is 4.39 Å². The van der Waals surface area contributed by atoms with Gasteiger partial charge in [0.1, 0.15) is 5.82 Å². The van der Waals surface area contributed by atoms with Crippen LogP contribution in [-0.4, -0.2) is 26.3 Å². The molecule has 1 aliphatic rings. The maximum Gasteiger partial charge on any atom is 0.128 e. The van der Waals surface area contributed by atoms with E-state index in [9.17, 15) is 4.39 Å². The SMILES string of the molecule is Cc1c(F)cccc1N1CCOCC1.N. The van der Waals surface area contributed by atoms with E-state index in [1.807, 2.05) is 13.0 Å². The highest BCUT2D eigenvalue weighted by Crippen LogP contribution is 2.22. The lowest BCUT2D eigenvalue weighted by Gasteiger charge is -2.30. The molecule has 0 saturated carbocycles. The van der Waals surface area contributed by atoms with E-state index in [2.05, 4.69) is 4.90 Å². The molecule has 1 aromatic carbocycles. The molecule has 0 spiro atoms. The molecule has 0 aromatic heterocycles.